The molecule has 0 spiro atoms. The molecule has 0 radical (unpaired) electrons. The molecule has 0 amide bonds. The van der Waals surface area contributed by atoms with E-state index >= 15 is 0 Å². The van der Waals surface area contributed by atoms with Crippen LogP contribution in [0, 0.1) is 17.6 Å². The molecule has 1 nitrogen and oxygen atoms in total. The smallest absolute Gasteiger partial charge is 0.399 e. The minimum absolute atomic E-state index is 0.0789. The topological polar surface area (TPSA) is 9.23 Å². The summed E-state index contributed by atoms with van der Waals surface area (Å²) in [6.07, 6.45) is 5.27. The molecule has 0 bridgehead atoms. The van der Waals surface area contributed by atoms with Gasteiger partial charge < -0.3 is 4.74 Å². The van der Waals surface area contributed by atoms with Crippen LogP contribution in [0.15, 0.2) is 42.5 Å². The quantitative estimate of drug-likeness (QED) is 0.339. The van der Waals surface area contributed by atoms with Crippen LogP contribution in [0.5, 0.6) is 5.75 Å². The van der Waals surface area contributed by atoms with E-state index < -0.39 is 23.7 Å². The minimum Gasteiger partial charge on any atom is -0.399 e. The summed E-state index contributed by atoms with van der Waals surface area (Å²) in [7, 11) is 0. The largest absolute Gasteiger partial charge is 0.573 e. The maximum absolute atomic E-state index is 14.5. The lowest BCUT2D eigenvalue weighted by molar-refractivity contribution is -0.276. The molecule has 0 N–H and O–H groups in total. The molecule has 4 rings (SSSR count). The van der Waals surface area contributed by atoms with Crippen LogP contribution < -0.4 is 4.74 Å². The second kappa shape index (κ2) is 9.24. The lowest BCUT2D eigenvalue weighted by Crippen LogP contribution is -2.21. The normalized spacial score (nSPS) is 23.9. The van der Waals surface area contributed by atoms with Gasteiger partial charge in [-0.25, -0.2) is 8.78 Å². The van der Waals surface area contributed by atoms with Gasteiger partial charge in [-0.05, 0) is 97.9 Å². The number of halogens is 5. The van der Waals surface area contributed by atoms with Crippen molar-refractivity contribution in [3.05, 3.63) is 76.4 Å². The van der Waals surface area contributed by atoms with Crippen LogP contribution in [0.25, 0.3) is 0 Å². The molecule has 6 heteroatoms. The first-order valence-electron chi connectivity index (χ1n) is 11.2. The predicted octanol–water partition coefficient (Wildman–Crippen LogP) is 7.99. The summed E-state index contributed by atoms with van der Waals surface area (Å²) in [6, 6.07) is 9.50. The summed E-state index contributed by atoms with van der Waals surface area (Å²) in [5.41, 5.74) is 2.96. The molecule has 172 valence electrons. The Balaban J connectivity index is 1.46. The zero-order valence-corrected chi connectivity index (χ0v) is 18.0. The van der Waals surface area contributed by atoms with E-state index in [1.54, 1.807) is 0 Å². The summed E-state index contributed by atoms with van der Waals surface area (Å²) in [6.45, 7) is 2.06. The van der Waals surface area contributed by atoms with Gasteiger partial charge in [0.1, 0.15) is 0 Å². The number of benzene rings is 2. The molecule has 1 fully saturated rings. The first kappa shape index (κ1) is 22.8. The molecular formula is C26H27F5O. The number of hydrogen-bond acceptors (Lipinski definition) is 1. The molecular weight excluding hydrogens is 423 g/mol. The van der Waals surface area contributed by atoms with Crippen LogP contribution in [0.3, 0.4) is 0 Å². The van der Waals surface area contributed by atoms with Gasteiger partial charge in [-0.3, -0.25) is 0 Å². The van der Waals surface area contributed by atoms with E-state index in [2.05, 4.69) is 48.1 Å². The highest BCUT2D eigenvalue weighted by molar-refractivity contribution is 5.42. The van der Waals surface area contributed by atoms with Crippen LogP contribution >= 0.6 is 0 Å². The monoisotopic (exact) mass is 450 g/mol. The standard InChI is InChI=1S/C26H27F5O/c1-2-3-16-4-6-17(7-5-16)18-8-10-19(11-9-18)20-12-13-22-21(14-20)15-23(27)25(24(22)28)32-26(29,30)31/h2-3,8-11,15-17,20H,4-7,12-14H2,1H3/b3-2+. The number of hydrogen-bond donors (Lipinski definition) is 0. The van der Waals surface area contributed by atoms with Crippen LogP contribution in [-0.2, 0) is 12.8 Å². The Kier molecular flexibility index (Phi) is 6.59. The summed E-state index contributed by atoms with van der Waals surface area (Å²) in [4.78, 5) is 0. The summed E-state index contributed by atoms with van der Waals surface area (Å²) in [5, 5.41) is 0. The molecule has 2 aromatic rings. The van der Waals surface area contributed by atoms with E-state index in [0.717, 1.165) is 11.6 Å². The number of alkyl halides is 3. The fourth-order valence-electron chi connectivity index (χ4n) is 5.28. The van der Waals surface area contributed by atoms with Gasteiger partial charge in [-0.2, -0.15) is 0 Å². The Hall–Kier alpha value is -2.37. The summed E-state index contributed by atoms with van der Waals surface area (Å²) >= 11 is 0. The fourth-order valence-corrected chi connectivity index (χ4v) is 5.28. The van der Waals surface area contributed by atoms with Gasteiger partial charge in [-0.1, -0.05) is 36.4 Å². The Morgan fingerprint density at radius 1 is 0.906 bits per heavy atom. The van der Waals surface area contributed by atoms with Crippen molar-refractivity contribution in [2.45, 2.75) is 70.1 Å². The van der Waals surface area contributed by atoms with Gasteiger partial charge in [-0.15, -0.1) is 13.2 Å². The molecule has 2 aliphatic carbocycles. The number of ether oxygens (including phenoxy) is 1. The molecule has 32 heavy (non-hydrogen) atoms. The molecule has 1 atom stereocenters. The summed E-state index contributed by atoms with van der Waals surface area (Å²) in [5.74, 6) is -2.59. The molecule has 1 saturated carbocycles. The second-order valence-electron chi connectivity index (χ2n) is 8.93. The van der Waals surface area contributed by atoms with Crippen LogP contribution in [-0.4, -0.2) is 6.36 Å². The predicted molar refractivity (Wildman–Crippen MR) is 114 cm³/mol. The number of rotatable bonds is 4. The van der Waals surface area contributed by atoms with Crippen molar-refractivity contribution < 1.29 is 26.7 Å². The highest BCUT2D eigenvalue weighted by Gasteiger charge is 2.36. The van der Waals surface area contributed by atoms with Crippen LogP contribution in [0.1, 0.15) is 73.1 Å². The number of fused-ring (bicyclic) bond motifs is 1. The van der Waals surface area contributed by atoms with Crippen LogP contribution in [0.2, 0.25) is 0 Å². The highest BCUT2D eigenvalue weighted by Crippen LogP contribution is 2.40. The zero-order valence-electron chi connectivity index (χ0n) is 18.0. The van der Waals surface area contributed by atoms with E-state index in [1.165, 1.54) is 31.2 Å². The second-order valence-corrected chi connectivity index (χ2v) is 8.93. The third-order valence-corrected chi connectivity index (χ3v) is 6.91. The maximum Gasteiger partial charge on any atom is 0.573 e. The van der Waals surface area contributed by atoms with E-state index in [4.69, 9.17) is 0 Å². The Labute approximate surface area is 185 Å². The molecule has 0 heterocycles. The van der Waals surface area contributed by atoms with E-state index in [9.17, 15) is 22.0 Å². The van der Waals surface area contributed by atoms with Gasteiger partial charge in [0.05, 0.1) is 0 Å². The molecule has 0 aromatic heterocycles. The fraction of sp³-hybridized carbons (Fsp3) is 0.462. The average Bonchev–Trinajstić information content (AvgIpc) is 2.76. The lowest BCUT2D eigenvalue weighted by atomic mass is 9.77. The van der Waals surface area contributed by atoms with Gasteiger partial charge in [0, 0.05) is 0 Å². The van der Waals surface area contributed by atoms with Crippen molar-refractivity contribution in [2.24, 2.45) is 5.92 Å². The number of allylic oxidation sites excluding steroid dienone is 2. The summed E-state index contributed by atoms with van der Waals surface area (Å²) < 4.78 is 69.7. The Bertz CT molecular complexity index is 969. The van der Waals surface area contributed by atoms with Crippen molar-refractivity contribution in [1.82, 2.24) is 0 Å². The van der Waals surface area contributed by atoms with E-state index in [-0.39, 0.29) is 17.9 Å². The SMILES string of the molecule is C/C=C/C1CCC(c2ccc(C3CCc4c(cc(F)c(OC(F)(F)F)c4F)C3)cc2)CC1. The zero-order chi connectivity index (χ0) is 22.9. The van der Waals surface area contributed by atoms with Crippen molar-refractivity contribution >= 4 is 0 Å². The highest BCUT2D eigenvalue weighted by atomic mass is 19.4. The molecule has 2 aromatic carbocycles. The first-order chi connectivity index (χ1) is 15.2. The van der Waals surface area contributed by atoms with Crippen LogP contribution in [0.4, 0.5) is 22.0 Å². The minimum atomic E-state index is -5.14. The van der Waals surface area contributed by atoms with Gasteiger partial charge >= 0.3 is 6.36 Å². The third kappa shape index (κ3) is 5.00. The van der Waals surface area contributed by atoms with Crippen molar-refractivity contribution in [1.29, 1.82) is 0 Å². The Morgan fingerprint density at radius 2 is 1.53 bits per heavy atom. The van der Waals surface area contributed by atoms with Crippen molar-refractivity contribution in [2.75, 3.05) is 0 Å². The average molecular weight is 450 g/mol. The molecule has 1 unspecified atom stereocenters. The Morgan fingerprint density at radius 3 is 2.12 bits per heavy atom. The van der Waals surface area contributed by atoms with Gasteiger partial charge in [0.25, 0.3) is 0 Å². The van der Waals surface area contributed by atoms with Crippen molar-refractivity contribution in [3.8, 4) is 5.75 Å². The lowest BCUT2D eigenvalue weighted by Gasteiger charge is -2.28. The third-order valence-electron chi connectivity index (χ3n) is 6.91. The van der Waals surface area contributed by atoms with E-state index in [1.807, 2.05) is 0 Å². The molecule has 0 saturated heterocycles. The maximum atomic E-state index is 14.5. The van der Waals surface area contributed by atoms with E-state index in [0.29, 0.717) is 30.2 Å². The first-order valence-corrected chi connectivity index (χ1v) is 11.2. The van der Waals surface area contributed by atoms with Gasteiger partial charge in [0.15, 0.2) is 11.6 Å². The van der Waals surface area contributed by atoms with Gasteiger partial charge in [0.2, 0.25) is 5.75 Å². The van der Waals surface area contributed by atoms with Crippen molar-refractivity contribution in [3.63, 3.8) is 0 Å². The molecule has 0 aliphatic heterocycles. The molecule has 2 aliphatic rings.